The van der Waals surface area contributed by atoms with E-state index >= 15 is 0 Å². The van der Waals surface area contributed by atoms with Gasteiger partial charge in [0.1, 0.15) is 12.2 Å². The first kappa shape index (κ1) is 15.8. The van der Waals surface area contributed by atoms with Crippen LogP contribution in [0.3, 0.4) is 0 Å². The van der Waals surface area contributed by atoms with Gasteiger partial charge in [-0.25, -0.2) is 0 Å². The molecule has 2 atom stereocenters. The third kappa shape index (κ3) is 4.03. The van der Waals surface area contributed by atoms with Gasteiger partial charge in [-0.3, -0.25) is 4.90 Å². The zero-order valence-corrected chi connectivity index (χ0v) is 13.4. The number of para-hydroxylation sites is 2. The molecule has 0 amide bonds. The maximum absolute atomic E-state index is 10.3. The molecule has 1 aliphatic rings. The summed E-state index contributed by atoms with van der Waals surface area (Å²) in [5, 5.41) is 10.3. The molecule has 0 bridgehead atoms. The van der Waals surface area contributed by atoms with Gasteiger partial charge in [-0.2, -0.15) is 0 Å². The van der Waals surface area contributed by atoms with Crippen LogP contribution < -0.4 is 9.47 Å². The topological polar surface area (TPSA) is 41.9 Å². The maximum atomic E-state index is 10.3. The first-order chi connectivity index (χ1) is 11.3. The van der Waals surface area contributed by atoms with Crippen molar-refractivity contribution in [3.63, 3.8) is 0 Å². The van der Waals surface area contributed by atoms with Crippen LogP contribution in [0.25, 0.3) is 0 Å². The van der Waals surface area contributed by atoms with E-state index in [1.54, 1.807) is 0 Å². The fourth-order valence-electron chi connectivity index (χ4n) is 2.90. The minimum absolute atomic E-state index is 0.236. The van der Waals surface area contributed by atoms with Crippen LogP contribution in [0.5, 0.6) is 11.5 Å². The van der Waals surface area contributed by atoms with Crippen molar-refractivity contribution in [2.45, 2.75) is 25.7 Å². The highest BCUT2D eigenvalue weighted by Gasteiger charge is 2.33. The van der Waals surface area contributed by atoms with Crippen molar-refractivity contribution in [3.05, 3.63) is 60.2 Å². The van der Waals surface area contributed by atoms with Gasteiger partial charge in [0.2, 0.25) is 0 Å². The van der Waals surface area contributed by atoms with Crippen LogP contribution in [-0.2, 0) is 6.54 Å². The van der Waals surface area contributed by atoms with E-state index in [0.717, 1.165) is 12.3 Å². The van der Waals surface area contributed by atoms with Crippen molar-refractivity contribution in [1.82, 2.24) is 4.90 Å². The number of rotatable bonds is 6. The molecule has 0 radical (unpaired) electrons. The fraction of sp³-hybridized carbons (Fsp3) is 0.368. The standard InChI is InChI=1S/C19H23NO3/c1-2-22-17-10-6-7-11-18(17)23-19-14-20(13-16(19)21)12-15-8-4-3-5-9-15/h3-11,16,19,21H,2,12-14H2,1H3. The summed E-state index contributed by atoms with van der Waals surface area (Å²) >= 11 is 0. The highest BCUT2D eigenvalue weighted by Crippen LogP contribution is 2.29. The zero-order chi connectivity index (χ0) is 16.1. The second kappa shape index (κ2) is 7.49. The highest BCUT2D eigenvalue weighted by molar-refractivity contribution is 5.39. The average Bonchev–Trinajstić information content (AvgIpc) is 2.90. The Labute approximate surface area is 137 Å². The largest absolute Gasteiger partial charge is 0.490 e. The van der Waals surface area contributed by atoms with Gasteiger partial charge in [0.05, 0.1) is 6.61 Å². The Balaban J connectivity index is 1.63. The molecule has 0 aliphatic carbocycles. The Bertz CT molecular complexity index is 617. The SMILES string of the molecule is CCOc1ccccc1OC1CN(Cc2ccccc2)CC1O. The van der Waals surface area contributed by atoms with Crippen molar-refractivity contribution >= 4 is 0 Å². The number of aliphatic hydroxyl groups excluding tert-OH is 1. The number of aliphatic hydroxyl groups is 1. The van der Waals surface area contributed by atoms with Gasteiger partial charge in [0.15, 0.2) is 11.5 Å². The lowest BCUT2D eigenvalue weighted by molar-refractivity contribution is 0.0713. The van der Waals surface area contributed by atoms with Crippen LogP contribution in [0, 0.1) is 0 Å². The van der Waals surface area contributed by atoms with Crippen LogP contribution >= 0.6 is 0 Å². The summed E-state index contributed by atoms with van der Waals surface area (Å²) in [5.41, 5.74) is 1.25. The molecule has 122 valence electrons. The fourth-order valence-corrected chi connectivity index (χ4v) is 2.90. The van der Waals surface area contributed by atoms with E-state index in [9.17, 15) is 5.11 Å². The Kier molecular flexibility index (Phi) is 5.16. The van der Waals surface area contributed by atoms with E-state index in [2.05, 4.69) is 17.0 Å². The molecule has 1 fully saturated rings. The van der Waals surface area contributed by atoms with Crippen LogP contribution in [0.1, 0.15) is 12.5 Å². The predicted molar refractivity (Wildman–Crippen MR) is 89.8 cm³/mol. The van der Waals surface area contributed by atoms with Crippen LogP contribution in [-0.4, -0.2) is 41.9 Å². The molecule has 2 aromatic carbocycles. The zero-order valence-electron chi connectivity index (χ0n) is 13.4. The molecule has 2 unspecified atom stereocenters. The average molecular weight is 313 g/mol. The molecular formula is C19H23NO3. The number of β-amino-alcohol motifs (C(OH)–C–C–N with tert-alkyl or cyclic N) is 1. The molecule has 1 heterocycles. The maximum Gasteiger partial charge on any atom is 0.161 e. The van der Waals surface area contributed by atoms with Gasteiger partial charge in [0, 0.05) is 19.6 Å². The highest BCUT2D eigenvalue weighted by atomic mass is 16.5. The smallest absolute Gasteiger partial charge is 0.161 e. The third-order valence-electron chi connectivity index (χ3n) is 3.99. The molecule has 0 aromatic heterocycles. The Morgan fingerprint density at radius 3 is 2.43 bits per heavy atom. The van der Waals surface area contributed by atoms with E-state index in [1.165, 1.54) is 5.56 Å². The lowest BCUT2D eigenvalue weighted by Crippen LogP contribution is -2.30. The molecule has 4 heteroatoms. The second-order valence-corrected chi connectivity index (χ2v) is 5.78. The molecule has 1 saturated heterocycles. The Morgan fingerprint density at radius 1 is 1.00 bits per heavy atom. The quantitative estimate of drug-likeness (QED) is 0.890. The van der Waals surface area contributed by atoms with Gasteiger partial charge < -0.3 is 14.6 Å². The number of hydrogen-bond donors (Lipinski definition) is 1. The van der Waals surface area contributed by atoms with Gasteiger partial charge in [-0.15, -0.1) is 0 Å². The lowest BCUT2D eigenvalue weighted by atomic mass is 10.2. The molecule has 1 N–H and O–H groups in total. The van der Waals surface area contributed by atoms with Crippen molar-refractivity contribution in [2.24, 2.45) is 0 Å². The summed E-state index contributed by atoms with van der Waals surface area (Å²) < 4.78 is 11.6. The Morgan fingerprint density at radius 2 is 1.70 bits per heavy atom. The minimum atomic E-state index is -0.492. The van der Waals surface area contributed by atoms with Crippen LogP contribution in [0.15, 0.2) is 54.6 Å². The minimum Gasteiger partial charge on any atom is -0.490 e. The summed E-state index contributed by atoms with van der Waals surface area (Å²) in [5.74, 6) is 1.42. The number of nitrogens with zero attached hydrogens (tertiary/aromatic N) is 1. The molecule has 23 heavy (non-hydrogen) atoms. The first-order valence-electron chi connectivity index (χ1n) is 8.09. The monoisotopic (exact) mass is 313 g/mol. The molecule has 0 saturated carbocycles. The molecule has 1 aliphatic heterocycles. The summed E-state index contributed by atoms with van der Waals surface area (Å²) in [4.78, 5) is 2.22. The molecule has 2 aromatic rings. The number of ether oxygens (including phenoxy) is 2. The summed E-state index contributed by atoms with van der Waals surface area (Å²) in [6.45, 7) is 4.69. The predicted octanol–water partition coefficient (Wildman–Crippen LogP) is 2.71. The summed E-state index contributed by atoms with van der Waals surface area (Å²) in [6.07, 6.45) is -0.728. The molecule has 3 rings (SSSR count). The van der Waals surface area contributed by atoms with Gasteiger partial charge in [0.25, 0.3) is 0 Å². The van der Waals surface area contributed by atoms with E-state index in [0.29, 0.717) is 25.4 Å². The van der Waals surface area contributed by atoms with E-state index < -0.39 is 6.10 Å². The number of hydrogen-bond acceptors (Lipinski definition) is 4. The van der Waals surface area contributed by atoms with E-state index in [1.807, 2.05) is 49.4 Å². The van der Waals surface area contributed by atoms with Crippen LogP contribution in [0.4, 0.5) is 0 Å². The van der Waals surface area contributed by atoms with Gasteiger partial charge in [-0.05, 0) is 24.6 Å². The molecule has 4 nitrogen and oxygen atoms in total. The third-order valence-corrected chi connectivity index (χ3v) is 3.99. The first-order valence-corrected chi connectivity index (χ1v) is 8.09. The van der Waals surface area contributed by atoms with Crippen molar-refractivity contribution < 1.29 is 14.6 Å². The molecule has 0 spiro atoms. The second-order valence-electron chi connectivity index (χ2n) is 5.78. The normalized spacial score (nSPS) is 21.3. The van der Waals surface area contributed by atoms with Crippen molar-refractivity contribution in [3.8, 4) is 11.5 Å². The number of likely N-dealkylation sites (tertiary alicyclic amines) is 1. The van der Waals surface area contributed by atoms with E-state index in [4.69, 9.17) is 9.47 Å². The van der Waals surface area contributed by atoms with Gasteiger partial charge in [-0.1, -0.05) is 42.5 Å². The number of benzene rings is 2. The van der Waals surface area contributed by atoms with E-state index in [-0.39, 0.29) is 6.10 Å². The molecular weight excluding hydrogens is 290 g/mol. The summed E-state index contributed by atoms with van der Waals surface area (Å²) in [7, 11) is 0. The summed E-state index contributed by atoms with van der Waals surface area (Å²) in [6, 6.07) is 17.9. The van der Waals surface area contributed by atoms with Crippen molar-refractivity contribution in [2.75, 3.05) is 19.7 Å². The lowest BCUT2D eigenvalue weighted by Gasteiger charge is -2.19. The Hall–Kier alpha value is -2.04. The van der Waals surface area contributed by atoms with Crippen LogP contribution in [0.2, 0.25) is 0 Å². The van der Waals surface area contributed by atoms with Crippen molar-refractivity contribution in [1.29, 1.82) is 0 Å². The van der Waals surface area contributed by atoms with Gasteiger partial charge >= 0.3 is 0 Å².